The number of aryl methyl sites for hydroxylation is 1. The van der Waals surface area contributed by atoms with Gasteiger partial charge in [-0.1, -0.05) is 38.0 Å². The van der Waals surface area contributed by atoms with Crippen LogP contribution in [0.2, 0.25) is 0 Å². The number of aromatic nitrogens is 5. The van der Waals surface area contributed by atoms with E-state index in [0.29, 0.717) is 5.56 Å². The summed E-state index contributed by atoms with van der Waals surface area (Å²) in [4.78, 5) is 21.6. The Bertz CT molecular complexity index is 1480. The Hall–Kier alpha value is -3.56. The molecule has 1 aliphatic heterocycles. The lowest BCUT2D eigenvalue weighted by Crippen LogP contribution is -2.48. The highest BCUT2D eigenvalue weighted by Gasteiger charge is 2.34. The van der Waals surface area contributed by atoms with Crippen molar-refractivity contribution >= 4 is 10.9 Å². The zero-order valence-corrected chi connectivity index (χ0v) is 22.8. The van der Waals surface area contributed by atoms with Crippen molar-refractivity contribution in [2.24, 2.45) is 0 Å². The van der Waals surface area contributed by atoms with E-state index in [0.717, 1.165) is 74.5 Å². The van der Waals surface area contributed by atoms with E-state index in [-0.39, 0.29) is 17.6 Å². The predicted molar refractivity (Wildman–Crippen MR) is 151 cm³/mol. The van der Waals surface area contributed by atoms with E-state index in [1.165, 1.54) is 24.0 Å². The first-order chi connectivity index (χ1) is 19.1. The molecule has 204 valence electrons. The second kappa shape index (κ2) is 11.3. The largest absolute Gasteiger partial charge is 0.497 e. The standard InChI is InChI=1S/C30H37N7O2/c1-3-21-11-12-27-23(17-21)19-26(30(38)31-27)28(29-32-33-34-37(29)24-8-4-5-9-24)36-15-13-35(14-16-36)20-22-7-6-10-25(18-22)39-2/h6-7,10-12,17-19,24,28H,3-5,8-9,13-16,20H2,1-2H3,(H,31,38)/t28-/m0/s1. The molecular weight excluding hydrogens is 490 g/mol. The van der Waals surface area contributed by atoms with Crippen LogP contribution in [-0.2, 0) is 13.0 Å². The van der Waals surface area contributed by atoms with Crippen LogP contribution < -0.4 is 10.3 Å². The predicted octanol–water partition coefficient (Wildman–Crippen LogP) is 4.11. The lowest BCUT2D eigenvalue weighted by atomic mass is 10.0. The number of ether oxygens (including phenoxy) is 1. The molecule has 1 atom stereocenters. The maximum Gasteiger partial charge on any atom is 0.253 e. The Balaban J connectivity index is 1.32. The van der Waals surface area contributed by atoms with E-state index < -0.39 is 0 Å². The van der Waals surface area contributed by atoms with Crippen LogP contribution in [0, 0.1) is 0 Å². The van der Waals surface area contributed by atoms with Gasteiger partial charge in [0.25, 0.3) is 5.56 Å². The number of hydrogen-bond acceptors (Lipinski definition) is 7. The molecule has 0 spiro atoms. The molecule has 1 N–H and O–H groups in total. The Kier molecular flexibility index (Phi) is 7.43. The molecule has 2 fully saturated rings. The van der Waals surface area contributed by atoms with E-state index in [9.17, 15) is 4.79 Å². The quantitative estimate of drug-likeness (QED) is 0.369. The molecule has 1 saturated heterocycles. The first kappa shape index (κ1) is 25.7. The summed E-state index contributed by atoms with van der Waals surface area (Å²) >= 11 is 0. The number of nitrogens with zero attached hydrogens (tertiary/aromatic N) is 6. The SMILES string of the molecule is CCc1ccc2[nH]c(=O)c([C@@H](c3nnnn3C3CCCC3)N3CCN(Cc4cccc(OC)c4)CC3)cc2c1. The molecule has 0 amide bonds. The molecule has 6 rings (SSSR count). The number of rotatable bonds is 8. The number of methoxy groups -OCH3 is 1. The van der Waals surface area contributed by atoms with Gasteiger partial charge >= 0.3 is 0 Å². The molecular formula is C30H37N7O2. The minimum absolute atomic E-state index is 0.0727. The van der Waals surface area contributed by atoms with Crippen molar-refractivity contribution < 1.29 is 4.74 Å². The molecule has 0 unspecified atom stereocenters. The zero-order valence-electron chi connectivity index (χ0n) is 22.8. The third-order valence-electron chi connectivity index (χ3n) is 8.39. The zero-order chi connectivity index (χ0) is 26.8. The maximum atomic E-state index is 13.6. The fraction of sp³-hybridized carbons (Fsp3) is 0.467. The van der Waals surface area contributed by atoms with Crippen LogP contribution in [0.1, 0.15) is 67.2 Å². The van der Waals surface area contributed by atoms with Crippen LogP contribution >= 0.6 is 0 Å². The Morgan fingerprint density at radius 2 is 1.85 bits per heavy atom. The van der Waals surface area contributed by atoms with E-state index >= 15 is 0 Å². The highest BCUT2D eigenvalue weighted by atomic mass is 16.5. The van der Waals surface area contributed by atoms with Gasteiger partial charge in [-0.3, -0.25) is 14.6 Å². The Morgan fingerprint density at radius 1 is 1.03 bits per heavy atom. The first-order valence-corrected chi connectivity index (χ1v) is 14.2. The molecule has 9 nitrogen and oxygen atoms in total. The molecule has 9 heteroatoms. The summed E-state index contributed by atoms with van der Waals surface area (Å²) in [6.45, 7) is 6.44. The number of pyridine rings is 1. The van der Waals surface area contributed by atoms with Crippen molar-refractivity contribution in [3.05, 3.63) is 81.4 Å². The Labute approximate surface area is 228 Å². The number of fused-ring (bicyclic) bond motifs is 1. The van der Waals surface area contributed by atoms with Crippen LogP contribution in [0.15, 0.2) is 53.3 Å². The molecule has 0 radical (unpaired) electrons. The van der Waals surface area contributed by atoms with Crippen molar-refractivity contribution in [2.45, 2.75) is 57.7 Å². The third kappa shape index (κ3) is 5.33. The molecule has 2 aromatic heterocycles. The molecule has 4 aromatic rings. The number of tetrazole rings is 1. The van der Waals surface area contributed by atoms with Crippen molar-refractivity contribution in [1.82, 2.24) is 35.0 Å². The van der Waals surface area contributed by atoms with Crippen LogP contribution in [-0.4, -0.2) is 68.3 Å². The van der Waals surface area contributed by atoms with Gasteiger partial charge < -0.3 is 9.72 Å². The number of H-pyrrole nitrogens is 1. The van der Waals surface area contributed by atoms with Gasteiger partial charge in [0.05, 0.1) is 13.2 Å². The topological polar surface area (TPSA) is 92.2 Å². The molecule has 2 aliphatic rings. The average Bonchev–Trinajstić information content (AvgIpc) is 3.67. The van der Waals surface area contributed by atoms with Gasteiger partial charge in [-0.05, 0) is 76.5 Å². The van der Waals surface area contributed by atoms with Gasteiger partial charge in [0.1, 0.15) is 11.8 Å². The van der Waals surface area contributed by atoms with Gasteiger partial charge in [0.2, 0.25) is 0 Å². The first-order valence-electron chi connectivity index (χ1n) is 14.2. The van der Waals surface area contributed by atoms with E-state index in [4.69, 9.17) is 4.74 Å². The summed E-state index contributed by atoms with van der Waals surface area (Å²) in [6.07, 6.45) is 5.48. The van der Waals surface area contributed by atoms with Crippen molar-refractivity contribution in [1.29, 1.82) is 0 Å². The normalized spacial score (nSPS) is 18.1. The second-order valence-electron chi connectivity index (χ2n) is 10.8. The summed E-state index contributed by atoms with van der Waals surface area (Å²) in [7, 11) is 1.70. The van der Waals surface area contributed by atoms with Gasteiger partial charge in [-0.25, -0.2) is 4.68 Å². The molecule has 39 heavy (non-hydrogen) atoms. The number of benzene rings is 2. The van der Waals surface area contributed by atoms with Gasteiger partial charge in [-0.2, -0.15) is 0 Å². The summed E-state index contributed by atoms with van der Waals surface area (Å²) in [6, 6.07) is 16.6. The molecule has 0 bridgehead atoms. The highest BCUT2D eigenvalue weighted by Crippen LogP contribution is 2.34. The summed E-state index contributed by atoms with van der Waals surface area (Å²) < 4.78 is 7.42. The van der Waals surface area contributed by atoms with E-state index in [1.54, 1.807) is 7.11 Å². The number of piperazine rings is 1. The van der Waals surface area contributed by atoms with Gasteiger partial charge in [0, 0.05) is 43.8 Å². The van der Waals surface area contributed by atoms with Crippen molar-refractivity contribution in [3.63, 3.8) is 0 Å². The molecule has 2 aromatic carbocycles. The van der Waals surface area contributed by atoms with Crippen molar-refractivity contribution in [2.75, 3.05) is 33.3 Å². The highest BCUT2D eigenvalue weighted by molar-refractivity contribution is 5.80. The summed E-state index contributed by atoms with van der Waals surface area (Å²) in [5, 5.41) is 14.2. The van der Waals surface area contributed by atoms with Crippen LogP contribution in [0.4, 0.5) is 0 Å². The smallest absolute Gasteiger partial charge is 0.253 e. The molecule has 1 saturated carbocycles. The minimum Gasteiger partial charge on any atom is -0.497 e. The lowest BCUT2D eigenvalue weighted by molar-refractivity contribution is 0.0988. The minimum atomic E-state index is -0.307. The summed E-state index contributed by atoms with van der Waals surface area (Å²) in [5.74, 6) is 1.66. The average molecular weight is 528 g/mol. The van der Waals surface area contributed by atoms with Crippen LogP contribution in [0.3, 0.4) is 0 Å². The fourth-order valence-corrected chi connectivity index (χ4v) is 6.19. The summed E-state index contributed by atoms with van der Waals surface area (Å²) in [5.41, 5.74) is 3.99. The van der Waals surface area contributed by atoms with E-state index in [2.05, 4.69) is 67.6 Å². The Morgan fingerprint density at radius 3 is 2.62 bits per heavy atom. The number of nitrogens with one attached hydrogen (secondary N) is 1. The second-order valence-corrected chi connectivity index (χ2v) is 10.8. The van der Waals surface area contributed by atoms with Gasteiger partial charge in [0.15, 0.2) is 5.82 Å². The maximum absolute atomic E-state index is 13.6. The molecule has 3 heterocycles. The van der Waals surface area contributed by atoms with Crippen LogP contribution in [0.25, 0.3) is 10.9 Å². The van der Waals surface area contributed by atoms with Gasteiger partial charge in [-0.15, -0.1) is 5.10 Å². The number of hydrogen-bond donors (Lipinski definition) is 1. The molecule has 1 aliphatic carbocycles. The third-order valence-corrected chi connectivity index (χ3v) is 8.39. The monoisotopic (exact) mass is 527 g/mol. The lowest BCUT2D eigenvalue weighted by Gasteiger charge is -2.39. The number of aromatic amines is 1. The van der Waals surface area contributed by atoms with Crippen LogP contribution in [0.5, 0.6) is 5.75 Å². The fourth-order valence-electron chi connectivity index (χ4n) is 6.19. The van der Waals surface area contributed by atoms with Crippen molar-refractivity contribution in [3.8, 4) is 5.75 Å². The van der Waals surface area contributed by atoms with E-state index in [1.807, 2.05) is 22.9 Å².